The van der Waals surface area contributed by atoms with E-state index in [1.165, 1.54) is 25.3 Å². The van der Waals surface area contributed by atoms with Crippen LogP contribution in [0.2, 0.25) is 0 Å². The summed E-state index contributed by atoms with van der Waals surface area (Å²) in [6.45, 7) is 2.28. The minimum absolute atomic E-state index is 0.151. The van der Waals surface area contributed by atoms with E-state index in [1.807, 2.05) is 0 Å². The van der Waals surface area contributed by atoms with Gasteiger partial charge in [-0.1, -0.05) is 29.3 Å². The third kappa shape index (κ3) is 3.29. The average Bonchev–Trinajstić information content (AvgIpc) is 2.70. The van der Waals surface area contributed by atoms with Gasteiger partial charge in [-0.15, -0.1) is 0 Å². The van der Waals surface area contributed by atoms with Crippen LogP contribution in [0.15, 0.2) is 22.7 Å². The van der Waals surface area contributed by atoms with Crippen molar-refractivity contribution in [3.63, 3.8) is 0 Å². The quantitative estimate of drug-likeness (QED) is 0.900. The van der Waals surface area contributed by atoms with E-state index < -0.39 is 0 Å². The molecule has 0 saturated heterocycles. The van der Waals surface area contributed by atoms with Gasteiger partial charge in [0.2, 0.25) is 0 Å². The van der Waals surface area contributed by atoms with Crippen molar-refractivity contribution in [2.45, 2.75) is 38.6 Å². The first-order chi connectivity index (χ1) is 8.06. The molecule has 2 N–H and O–H groups in total. The van der Waals surface area contributed by atoms with E-state index in [0.717, 1.165) is 22.4 Å². The second-order valence-corrected chi connectivity index (χ2v) is 6.14. The fraction of sp³-hybridized carbons (Fsp3) is 0.571. The van der Waals surface area contributed by atoms with E-state index in [9.17, 15) is 4.39 Å². The molecule has 0 aromatic heterocycles. The zero-order chi connectivity index (χ0) is 12.4. The smallest absolute Gasteiger partial charge is 0.123 e. The van der Waals surface area contributed by atoms with Gasteiger partial charge in [0.25, 0.3) is 0 Å². The lowest BCUT2D eigenvalue weighted by Gasteiger charge is -2.19. The van der Waals surface area contributed by atoms with Gasteiger partial charge < -0.3 is 5.73 Å². The average molecular weight is 300 g/mol. The summed E-state index contributed by atoms with van der Waals surface area (Å²) in [7, 11) is 0. The first-order valence-corrected chi connectivity index (χ1v) is 7.05. The van der Waals surface area contributed by atoms with Crippen LogP contribution < -0.4 is 5.73 Å². The molecular weight excluding hydrogens is 281 g/mol. The molecule has 1 fully saturated rings. The van der Waals surface area contributed by atoms with Gasteiger partial charge in [-0.2, -0.15) is 0 Å². The molecule has 3 atom stereocenters. The monoisotopic (exact) mass is 299 g/mol. The molecule has 0 spiro atoms. The molecule has 1 aromatic carbocycles. The van der Waals surface area contributed by atoms with Gasteiger partial charge in [-0.25, -0.2) is 4.39 Å². The third-order valence-corrected chi connectivity index (χ3v) is 4.58. The number of nitrogens with two attached hydrogens (primary N) is 1. The van der Waals surface area contributed by atoms with E-state index >= 15 is 0 Å². The van der Waals surface area contributed by atoms with Crippen molar-refractivity contribution in [3.8, 4) is 0 Å². The van der Waals surface area contributed by atoms with Gasteiger partial charge >= 0.3 is 0 Å². The first kappa shape index (κ1) is 13.0. The minimum Gasteiger partial charge on any atom is -0.327 e. The fourth-order valence-corrected chi connectivity index (χ4v) is 3.17. The second kappa shape index (κ2) is 5.49. The van der Waals surface area contributed by atoms with Crippen LogP contribution in [0.3, 0.4) is 0 Å². The molecule has 1 nitrogen and oxygen atoms in total. The summed E-state index contributed by atoms with van der Waals surface area (Å²) in [5.41, 5.74) is 7.23. The van der Waals surface area contributed by atoms with Gasteiger partial charge in [0.05, 0.1) is 0 Å². The largest absolute Gasteiger partial charge is 0.327 e. The molecule has 3 unspecified atom stereocenters. The highest BCUT2D eigenvalue weighted by Crippen LogP contribution is 2.33. The molecule has 1 saturated carbocycles. The molecule has 1 aromatic rings. The maximum Gasteiger partial charge on any atom is 0.123 e. The van der Waals surface area contributed by atoms with Crippen LogP contribution in [0, 0.1) is 17.7 Å². The van der Waals surface area contributed by atoms with Crippen LogP contribution in [0.5, 0.6) is 0 Å². The molecule has 0 radical (unpaired) electrons. The standard InChI is InChI=1S/C14H19BrFN/c1-9-2-3-10(6-9)14(17)8-11-7-12(16)4-5-13(11)15/h4-5,7,9-10,14H,2-3,6,8,17H2,1H3. The maximum atomic E-state index is 13.2. The van der Waals surface area contributed by atoms with Crippen LogP contribution in [-0.2, 0) is 6.42 Å². The summed E-state index contributed by atoms with van der Waals surface area (Å²) >= 11 is 3.46. The summed E-state index contributed by atoms with van der Waals surface area (Å²) < 4.78 is 14.1. The highest BCUT2D eigenvalue weighted by Gasteiger charge is 2.26. The SMILES string of the molecule is CC1CCC(C(N)Cc2cc(F)ccc2Br)C1. The van der Waals surface area contributed by atoms with Gasteiger partial charge in [0, 0.05) is 10.5 Å². The Balaban J connectivity index is 2.02. The lowest BCUT2D eigenvalue weighted by Crippen LogP contribution is -2.31. The van der Waals surface area contributed by atoms with Crippen molar-refractivity contribution >= 4 is 15.9 Å². The molecule has 0 heterocycles. The van der Waals surface area contributed by atoms with Gasteiger partial charge in [0.15, 0.2) is 0 Å². The van der Waals surface area contributed by atoms with Crippen molar-refractivity contribution in [3.05, 3.63) is 34.1 Å². The third-order valence-electron chi connectivity index (χ3n) is 3.80. The topological polar surface area (TPSA) is 26.0 Å². The molecule has 0 amide bonds. The maximum absolute atomic E-state index is 13.2. The number of rotatable bonds is 3. The molecule has 1 aliphatic carbocycles. The van der Waals surface area contributed by atoms with Crippen molar-refractivity contribution in [2.75, 3.05) is 0 Å². The molecule has 1 aliphatic rings. The van der Waals surface area contributed by atoms with E-state index in [1.54, 1.807) is 12.1 Å². The summed E-state index contributed by atoms with van der Waals surface area (Å²) in [5, 5.41) is 0. The second-order valence-electron chi connectivity index (χ2n) is 5.28. The Hall–Kier alpha value is -0.410. The summed E-state index contributed by atoms with van der Waals surface area (Å²) in [5.74, 6) is 1.21. The molecular formula is C14H19BrFN. The fourth-order valence-electron chi connectivity index (χ4n) is 2.76. The zero-order valence-electron chi connectivity index (χ0n) is 10.1. The highest BCUT2D eigenvalue weighted by atomic mass is 79.9. The Morgan fingerprint density at radius 1 is 1.47 bits per heavy atom. The number of benzene rings is 1. The molecule has 0 aliphatic heterocycles. The molecule has 17 heavy (non-hydrogen) atoms. The lowest BCUT2D eigenvalue weighted by atomic mass is 9.92. The number of hydrogen-bond donors (Lipinski definition) is 1. The molecule has 2 rings (SSSR count). The highest BCUT2D eigenvalue weighted by molar-refractivity contribution is 9.10. The van der Waals surface area contributed by atoms with Crippen LogP contribution in [-0.4, -0.2) is 6.04 Å². The van der Waals surface area contributed by atoms with E-state index in [2.05, 4.69) is 22.9 Å². The summed E-state index contributed by atoms with van der Waals surface area (Å²) in [6, 6.07) is 4.96. The number of halogens is 2. The Morgan fingerprint density at radius 3 is 2.88 bits per heavy atom. The zero-order valence-corrected chi connectivity index (χ0v) is 11.7. The van der Waals surface area contributed by atoms with Crippen molar-refractivity contribution in [1.82, 2.24) is 0 Å². The number of hydrogen-bond acceptors (Lipinski definition) is 1. The normalized spacial score (nSPS) is 26.1. The van der Waals surface area contributed by atoms with Gasteiger partial charge in [-0.05, 0) is 54.9 Å². The van der Waals surface area contributed by atoms with Gasteiger partial charge in [0.1, 0.15) is 5.82 Å². The molecule has 3 heteroatoms. The van der Waals surface area contributed by atoms with Crippen LogP contribution in [0.4, 0.5) is 4.39 Å². The Bertz CT molecular complexity index is 394. The molecule has 94 valence electrons. The van der Waals surface area contributed by atoms with Gasteiger partial charge in [-0.3, -0.25) is 0 Å². The van der Waals surface area contributed by atoms with Crippen molar-refractivity contribution in [1.29, 1.82) is 0 Å². The Labute approximate surface area is 111 Å². The van der Waals surface area contributed by atoms with E-state index in [4.69, 9.17) is 5.73 Å². The van der Waals surface area contributed by atoms with Crippen molar-refractivity contribution in [2.24, 2.45) is 17.6 Å². The molecule has 0 bridgehead atoms. The minimum atomic E-state index is -0.185. The van der Waals surface area contributed by atoms with Crippen molar-refractivity contribution < 1.29 is 4.39 Å². The van der Waals surface area contributed by atoms with Crippen LogP contribution in [0.1, 0.15) is 31.7 Å². The van der Waals surface area contributed by atoms with E-state index in [-0.39, 0.29) is 11.9 Å². The van der Waals surface area contributed by atoms with Crippen LogP contribution in [0.25, 0.3) is 0 Å². The Morgan fingerprint density at radius 2 is 2.24 bits per heavy atom. The Kier molecular flexibility index (Phi) is 4.21. The lowest BCUT2D eigenvalue weighted by molar-refractivity contribution is 0.414. The summed E-state index contributed by atoms with van der Waals surface area (Å²) in [4.78, 5) is 0. The van der Waals surface area contributed by atoms with E-state index in [0.29, 0.717) is 5.92 Å². The predicted octanol–water partition coefficient (Wildman–Crippen LogP) is 3.89. The van der Waals surface area contributed by atoms with Crippen LogP contribution >= 0.6 is 15.9 Å². The first-order valence-electron chi connectivity index (χ1n) is 6.25. The predicted molar refractivity (Wildman–Crippen MR) is 72.3 cm³/mol. The summed E-state index contributed by atoms with van der Waals surface area (Å²) in [6.07, 6.45) is 4.47.